The van der Waals surface area contributed by atoms with E-state index < -0.39 is 11.6 Å². The fourth-order valence-corrected chi connectivity index (χ4v) is 2.83. The largest absolute Gasteiger partial charge is 0.271 e. The average molecular weight is 355 g/mol. The van der Waals surface area contributed by atoms with Crippen LogP contribution in [0.5, 0.6) is 0 Å². The predicted molar refractivity (Wildman–Crippen MR) is 83.7 cm³/mol. The molecule has 2 aromatic rings. The van der Waals surface area contributed by atoms with Gasteiger partial charge in [0, 0.05) is 0 Å². The Morgan fingerprint density at radius 1 is 1.14 bits per heavy atom. The molecule has 5 heteroatoms. The van der Waals surface area contributed by atoms with Crippen molar-refractivity contribution in [3.05, 3.63) is 68.7 Å². The number of hydrazine groups is 1. The molecule has 0 spiro atoms. The minimum atomic E-state index is -0.896. The highest BCUT2D eigenvalue weighted by Gasteiger charge is 2.18. The molecule has 112 valence electrons. The third-order valence-electron chi connectivity index (χ3n) is 3.65. The van der Waals surface area contributed by atoms with Gasteiger partial charge in [-0.3, -0.25) is 11.3 Å². The highest BCUT2D eigenvalue weighted by molar-refractivity contribution is 9.10. The molecule has 0 saturated carbocycles. The van der Waals surface area contributed by atoms with Crippen molar-refractivity contribution in [1.82, 2.24) is 5.43 Å². The van der Waals surface area contributed by atoms with Crippen molar-refractivity contribution in [2.45, 2.75) is 26.3 Å². The number of nitrogens with two attached hydrogens (primary N) is 1. The van der Waals surface area contributed by atoms with Crippen molar-refractivity contribution >= 4 is 15.9 Å². The van der Waals surface area contributed by atoms with Gasteiger partial charge in [-0.2, -0.15) is 0 Å². The third kappa shape index (κ3) is 3.48. The van der Waals surface area contributed by atoms with Gasteiger partial charge in [-0.05, 0) is 64.5 Å². The summed E-state index contributed by atoms with van der Waals surface area (Å²) in [5.74, 6) is 3.81. The van der Waals surface area contributed by atoms with Gasteiger partial charge in [0.2, 0.25) is 0 Å². The van der Waals surface area contributed by atoms with Gasteiger partial charge in [0.05, 0.1) is 10.5 Å². The van der Waals surface area contributed by atoms with Gasteiger partial charge in [0.25, 0.3) is 0 Å². The molecular formula is C16H17BrF2N2. The Kier molecular flexibility index (Phi) is 5.08. The van der Waals surface area contributed by atoms with E-state index in [1.54, 1.807) is 0 Å². The zero-order chi connectivity index (χ0) is 15.6. The molecule has 3 N–H and O–H groups in total. The summed E-state index contributed by atoms with van der Waals surface area (Å²) in [6.07, 6.45) is 0.585. The van der Waals surface area contributed by atoms with Crippen LogP contribution in [0.15, 0.2) is 34.8 Å². The highest BCUT2D eigenvalue weighted by Crippen LogP contribution is 2.29. The van der Waals surface area contributed by atoms with Crippen molar-refractivity contribution in [1.29, 1.82) is 0 Å². The maximum Gasteiger partial charge on any atom is 0.173 e. The normalized spacial score (nSPS) is 12.5. The fourth-order valence-electron chi connectivity index (χ4n) is 2.23. The molecule has 0 heterocycles. The molecule has 2 aromatic carbocycles. The van der Waals surface area contributed by atoms with Gasteiger partial charge in [-0.15, -0.1) is 0 Å². The van der Waals surface area contributed by atoms with Crippen molar-refractivity contribution < 1.29 is 8.78 Å². The second-order valence-electron chi connectivity index (χ2n) is 5.11. The van der Waals surface area contributed by atoms with Crippen LogP contribution in [0.25, 0.3) is 0 Å². The van der Waals surface area contributed by atoms with Gasteiger partial charge in [0.1, 0.15) is 0 Å². The smallest absolute Gasteiger partial charge is 0.173 e. The molecule has 0 aliphatic heterocycles. The predicted octanol–water partition coefficient (Wildman–Crippen LogP) is 4.09. The standard InChI is InChI=1S/C16H17BrF2N2/c1-9-3-4-11(7-10(9)2)8-14(21-20)12-5-6-13(18)16(19)15(12)17/h3-7,14,21H,8,20H2,1-2H3. The van der Waals surface area contributed by atoms with Crippen LogP contribution in [-0.4, -0.2) is 0 Å². The summed E-state index contributed by atoms with van der Waals surface area (Å²) in [5, 5.41) is 0. The minimum absolute atomic E-state index is 0.106. The van der Waals surface area contributed by atoms with Crippen LogP contribution in [0.2, 0.25) is 0 Å². The van der Waals surface area contributed by atoms with Crippen LogP contribution in [0.1, 0.15) is 28.3 Å². The Bertz CT molecular complexity index is 659. The lowest BCUT2D eigenvalue weighted by molar-refractivity contribution is 0.491. The lowest BCUT2D eigenvalue weighted by Crippen LogP contribution is -2.30. The number of nitrogens with one attached hydrogen (secondary N) is 1. The molecule has 0 aromatic heterocycles. The topological polar surface area (TPSA) is 38.0 Å². The lowest BCUT2D eigenvalue weighted by Gasteiger charge is -2.19. The van der Waals surface area contributed by atoms with E-state index in [0.29, 0.717) is 12.0 Å². The van der Waals surface area contributed by atoms with Crippen molar-refractivity contribution in [2.75, 3.05) is 0 Å². The molecular weight excluding hydrogens is 338 g/mol. The molecule has 0 aliphatic rings. The van der Waals surface area contributed by atoms with Gasteiger partial charge in [-0.25, -0.2) is 8.78 Å². The molecule has 1 unspecified atom stereocenters. The lowest BCUT2D eigenvalue weighted by atomic mass is 9.97. The molecule has 0 radical (unpaired) electrons. The van der Waals surface area contributed by atoms with E-state index in [4.69, 9.17) is 5.84 Å². The number of halogens is 3. The summed E-state index contributed by atoms with van der Waals surface area (Å²) in [6.45, 7) is 4.08. The SMILES string of the molecule is Cc1ccc(CC(NN)c2ccc(F)c(F)c2Br)cc1C. The monoisotopic (exact) mass is 354 g/mol. The van der Waals surface area contributed by atoms with E-state index in [0.717, 1.165) is 11.6 Å². The van der Waals surface area contributed by atoms with Crippen LogP contribution in [0, 0.1) is 25.5 Å². The summed E-state index contributed by atoms with van der Waals surface area (Å²) >= 11 is 3.10. The molecule has 2 rings (SSSR count). The van der Waals surface area contributed by atoms with Gasteiger partial charge in [0.15, 0.2) is 11.6 Å². The van der Waals surface area contributed by atoms with Crippen LogP contribution in [0.3, 0.4) is 0 Å². The second-order valence-corrected chi connectivity index (χ2v) is 5.90. The minimum Gasteiger partial charge on any atom is -0.271 e. The van der Waals surface area contributed by atoms with Gasteiger partial charge < -0.3 is 0 Å². The fraction of sp³-hybridized carbons (Fsp3) is 0.250. The Balaban J connectivity index is 2.32. The number of benzene rings is 2. The Morgan fingerprint density at radius 3 is 2.48 bits per heavy atom. The Hall–Kier alpha value is -1.30. The average Bonchev–Trinajstić information content (AvgIpc) is 2.47. The van der Waals surface area contributed by atoms with E-state index in [9.17, 15) is 8.78 Å². The van der Waals surface area contributed by atoms with Gasteiger partial charge in [-0.1, -0.05) is 24.3 Å². The maximum atomic E-state index is 13.7. The second kappa shape index (κ2) is 6.64. The van der Waals surface area contributed by atoms with Gasteiger partial charge >= 0.3 is 0 Å². The van der Waals surface area contributed by atoms with Crippen molar-refractivity contribution in [3.8, 4) is 0 Å². The molecule has 1 atom stereocenters. The van der Waals surface area contributed by atoms with E-state index in [1.165, 1.54) is 17.2 Å². The quantitative estimate of drug-likeness (QED) is 0.493. The van der Waals surface area contributed by atoms with Crippen molar-refractivity contribution in [3.63, 3.8) is 0 Å². The van der Waals surface area contributed by atoms with Crippen LogP contribution in [0.4, 0.5) is 8.78 Å². The zero-order valence-corrected chi connectivity index (χ0v) is 13.5. The Morgan fingerprint density at radius 2 is 1.86 bits per heavy atom. The number of aryl methyl sites for hydroxylation is 2. The maximum absolute atomic E-state index is 13.7. The molecule has 0 aliphatic carbocycles. The number of rotatable bonds is 4. The summed E-state index contributed by atoms with van der Waals surface area (Å²) in [6, 6.07) is 8.47. The van der Waals surface area contributed by atoms with Crippen LogP contribution in [-0.2, 0) is 6.42 Å². The molecule has 0 bridgehead atoms. The molecule has 0 fully saturated rings. The van der Waals surface area contributed by atoms with E-state index in [-0.39, 0.29) is 10.5 Å². The molecule has 0 saturated heterocycles. The number of hydrogen-bond acceptors (Lipinski definition) is 2. The van der Waals surface area contributed by atoms with E-state index >= 15 is 0 Å². The van der Waals surface area contributed by atoms with E-state index in [1.807, 2.05) is 26.0 Å². The molecule has 2 nitrogen and oxygen atoms in total. The summed E-state index contributed by atoms with van der Waals surface area (Å²) in [5.41, 5.74) is 6.74. The summed E-state index contributed by atoms with van der Waals surface area (Å²) in [7, 11) is 0. The number of hydrogen-bond donors (Lipinski definition) is 2. The van der Waals surface area contributed by atoms with Crippen LogP contribution >= 0.6 is 15.9 Å². The third-order valence-corrected chi connectivity index (χ3v) is 4.46. The van der Waals surface area contributed by atoms with Crippen molar-refractivity contribution in [2.24, 2.45) is 5.84 Å². The van der Waals surface area contributed by atoms with E-state index in [2.05, 4.69) is 27.4 Å². The first-order chi connectivity index (χ1) is 9.93. The summed E-state index contributed by atoms with van der Waals surface area (Å²) < 4.78 is 27.0. The first-order valence-electron chi connectivity index (χ1n) is 6.59. The summed E-state index contributed by atoms with van der Waals surface area (Å²) in [4.78, 5) is 0. The first-order valence-corrected chi connectivity index (χ1v) is 7.39. The highest BCUT2D eigenvalue weighted by atomic mass is 79.9. The van der Waals surface area contributed by atoms with Crippen LogP contribution < -0.4 is 11.3 Å². The first kappa shape index (κ1) is 16.1. The molecule has 21 heavy (non-hydrogen) atoms. The molecule has 0 amide bonds. The zero-order valence-electron chi connectivity index (χ0n) is 11.9. The Labute approximate surface area is 131 Å².